The third-order valence-corrected chi connectivity index (χ3v) is 7.82. The lowest BCUT2D eigenvalue weighted by atomic mass is 10.0. The Hall–Kier alpha value is -1.64. The maximum absolute atomic E-state index is 12.6. The summed E-state index contributed by atoms with van der Waals surface area (Å²) in [6, 6.07) is 8.22. The minimum Gasteiger partial charge on any atom is -0.354 e. The molecule has 0 spiro atoms. The highest BCUT2D eigenvalue weighted by Gasteiger charge is 2.27. The monoisotopic (exact) mass is 421 g/mol. The molecular formula is C21H35N5O2S. The van der Waals surface area contributed by atoms with Crippen LogP contribution < -0.4 is 10.6 Å². The van der Waals surface area contributed by atoms with Crippen molar-refractivity contribution in [2.75, 3.05) is 33.2 Å². The molecule has 0 saturated carbocycles. The van der Waals surface area contributed by atoms with E-state index in [-0.39, 0.29) is 0 Å². The minimum absolute atomic E-state index is 0.377. The fraction of sp³-hybridized carbons (Fsp3) is 0.667. The average Bonchev–Trinajstić information content (AvgIpc) is 3.27. The fourth-order valence-corrected chi connectivity index (χ4v) is 5.51. The number of hydrogen-bond acceptors (Lipinski definition) is 4. The van der Waals surface area contributed by atoms with E-state index in [9.17, 15) is 8.42 Å². The second-order valence-corrected chi connectivity index (χ2v) is 10.2. The second kappa shape index (κ2) is 9.91. The number of sulfonamides is 1. The SMILES string of the molecule is CN=C(NCc1ccc(S(=O)(=O)N2CCCC2)cc1)NC1CCN(C(C)C)CC1. The maximum Gasteiger partial charge on any atom is 0.243 e. The third kappa shape index (κ3) is 5.71. The van der Waals surface area contributed by atoms with Crippen molar-refractivity contribution in [1.29, 1.82) is 0 Å². The largest absolute Gasteiger partial charge is 0.354 e. The molecule has 0 amide bonds. The number of nitrogens with zero attached hydrogens (tertiary/aromatic N) is 3. The molecular weight excluding hydrogens is 386 g/mol. The first-order valence-corrected chi connectivity index (χ1v) is 12.1. The number of benzene rings is 1. The van der Waals surface area contributed by atoms with E-state index in [0.717, 1.165) is 50.3 Å². The van der Waals surface area contributed by atoms with Crippen molar-refractivity contribution in [2.45, 2.75) is 63.1 Å². The molecule has 3 rings (SSSR count). The van der Waals surface area contributed by atoms with Gasteiger partial charge in [-0.3, -0.25) is 4.99 Å². The number of piperidine rings is 1. The summed E-state index contributed by atoms with van der Waals surface area (Å²) >= 11 is 0. The van der Waals surface area contributed by atoms with Crippen molar-refractivity contribution >= 4 is 16.0 Å². The maximum atomic E-state index is 12.6. The first-order valence-electron chi connectivity index (χ1n) is 10.7. The van der Waals surface area contributed by atoms with Crippen LogP contribution in [0.2, 0.25) is 0 Å². The van der Waals surface area contributed by atoms with Crippen LogP contribution in [0.3, 0.4) is 0 Å². The zero-order chi connectivity index (χ0) is 20.9. The van der Waals surface area contributed by atoms with Crippen molar-refractivity contribution in [3.05, 3.63) is 29.8 Å². The van der Waals surface area contributed by atoms with Crippen LogP contribution in [-0.2, 0) is 16.6 Å². The number of likely N-dealkylation sites (tertiary alicyclic amines) is 1. The van der Waals surface area contributed by atoms with Gasteiger partial charge in [0.2, 0.25) is 10.0 Å². The van der Waals surface area contributed by atoms with Gasteiger partial charge in [-0.05, 0) is 57.2 Å². The lowest BCUT2D eigenvalue weighted by Crippen LogP contribution is -2.49. The highest BCUT2D eigenvalue weighted by atomic mass is 32.2. The van der Waals surface area contributed by atoms with E-state index in [1.165, 1.54) is 0 Å². The molecule has 1 aromatic carbocycles. The molecule has 2 aliphatic heterocycles. The van der Waals surface area contributed by atoms with Gasteiger partial charge in [-0.25, -0.2) is 8.42 Å². The van der Waals surface area contributed by atoms with Gasteiger partial charge < -0.3 is 15.5 Å². The van der Waals surface area contributed by atoms with E-state index in [4.69, 9.17) is 0 Å². The van der Waals surface area contributed by atoms with Gasteiger partial charge in [0, 0.05) is 51.9 Å². The molecule has 0 atom stereocenters. The molecule has 2 saturated heterocycles. The van der Waals surface area contributed by atoms with E-state index < -0.39 is 10.0 Å². The van der Waals surface area contributed by atoms with Gasteiger partial charge in [0.15, 0.2) is 5.96 Å². The predicted octanol–water partition coefficient (Wildman–Crippen LogP) is 2.01. The standard InChI is InChI=1S/C21H35N5O2S/c1-17(2)25-14-10-19(11-15-25)24-21(22-3)23-16-18-6-8-20(9-7-18)29(27,28)26-12-4-5-13-26/h6-9,17,19H,4-5,10-16H2,1-3H3,(H2,22,23,24). The lowest BCUT2D eigenvalue weighted by Gasteiger charge is -2.35. The van der Waals surface area contributed by atoms with E-state index in [1.54, 1.807) is 23.5 Å². The summed E-state index contributed by atoms with van der Waals surface area (Å²) in [6.45, 7) is 8.58. The Morgan fingerprint density at radius 3 is 2.28 bits per heavy atom. The Balaban J connectivity index is 1.50. The summed E-state index contributed by atoms with van der Waals surface area (Å²) < 4.78 is 26.8. The van der Waals surface area contributed by atoms with E-state index in [2.05, 4.69) is 34.4 Å². The Morgan fingerprint density at radius 1 is 1.10 bits per heavy atom. The van der Waals surface area contributed by atoms with Gasteiger partial charge in [0.1, 0.15) is 0 Å². The van der Waals surface area contributed by atoms with Crippen molar-refractivity contribution in [3.63, 3.8) is 0 Å². The van der Waals surface area contributed by atoms with Gasteiger partial charge in [0.25, 0.3) is 0 Å². The first kappa shape index (κ1) is 22.1. The molecule has 0 bridgehead atoms. The van der Waals surface area contributed by atoms with E-state index >= 15 is 0 Å². The van der Waals surface area contributed by atoms with Crippen LogP contribution in [0, 0.1) is 0 Å². The quantitative estimate of drug-likeness (QED) is 0.543. The van der Waals surface area contributed by atoms with E-state index in [1.807, 2.05) is 12.1 Å². The molecule has 2 heterocycles. The number of nitrogens with one attached hydrogen (secondary N) is 2. The summed E-state index contributed by atoms with van der Waals surface area (Å²) in [7, 11) is -1.57. The summed E-state index contributed by atoms with van der Waals surface area (Å²) in [5, 5.41) is 6.86. The predicted molar refractivity (Wildman–Crippen MR) is 118 cm³/mol. The third-order valence-electron chi connectivity index (χ3n) is 5.91. The summed E-state index contributed by atoms with van der Waals surface area (Å²) in [6.07, 6.45) is 4.12. The molecule has 162 valence electrons. The van der Waals surface area contributed by atoms with Crippen LogP contribution in [0.25, 0.3) is 0 Å². The minimum atomic E-state index is -3.35. The summed E-state index contributed by atoms with van der Waals surface area (Å²) in [5.74, 6) is 0.793. The molecule has 0 aromatic heterocycles. The molecule has 2 N–H and O–H groups in total. The van der Waals surface area contributed by atoms with Crippen LogP contribution in [-0.4, -0.2) is 68.9 Å². The number of guanidine groups is 1. The van der Waals surface area contributed by atoms with Crippen LogP contribution in [0.5, 0.6) is 0 Å². The number of hydrogen-bond donors (Lipinski definition) is 2. The van der Waals surface area contributed by atoms with Gasteiger partial charge >= 0.3 is 0 Å². The molecule has 0 aliphatic carbocycles. The van der Waals surface area contributed by atoms with Gasteiger partial charge in [0.05, 0.1) is 4.90 Å². The molecule has 0 unspecified atom stereocenters. The smallest absolute Gasteiger partial charge is 0.243 e. The lowest BCUT2D eigenvalue weighted by molar-refractivity contribution is 0.167. The molecule has 2 aliphatic rings. The van der Waals surface area contributed by atoms with Gasteiger partial charge in [-0.1, -0.05) is 12.1 Å². The van der Waals surface area contributed by atoms with Crippen molar-refractivity contribution in [2.24, 2.45) is 4.99 Å². The zero-order valence-electron chi connectivity index (χ0n) is 17.9. The van der Waals surface area contributed by atoms with Crippen molar-refractivity contribution < 1.29 is 8.42 Å². The Labute approximate surface area is 175 Å². The fourth-order valence-electron chi connectivity index (χ4n) is 3.99. The molecule has 7 nitrogen and oxygen atoms in total. The Morgan fingerprint density at radius 2 is 1.72 bits per heavy atom. The average molecular weight is 422 g/mol. The first-order chi connectivity index (χ1) is 13.9. The van der Waals surface area contributed by atoms with E-state index in [0.29, 0.717) is 36.6 Å². The summed E-state index contributed by atoms with van der Waals surface area (Å²) in [4.78, 5) is 7.22. The Kier molecular flexibility index (Phi) is 7.54. The highest BCUT2D eigenvalue weighted by molar-refractivity contribution is 7.89. The van der Waals surface area contributed by atoms with Crippen LogP contribution in [0.15, 0.2) is 34.2 Å². The Bertz CT molecular complexity index is 778. The number of rotatable bonds is 6. The van der Waals surface area contributed by atoms with Crippen molar-refractivity contribution in [1.82, 2.24) is 19.8 Å². The van der Waals surface area contributed by atoms with Crippen LogP contribution in [0.1, 0.15) is 45.1 Å². The molecule has 8 heteroatoms. The topological polar surface area (TPSA) is 77.0 Å². The second-order valence-electron chi connectivity index (χ2n) is 8.23. The van der Waals surface area contributed by atoms with Crippen LogP contribution >= 0.6 is 0 Å². The van der Waals surface area contributed by atoms with Gasteiger partial charge in [-0.15, -0.1) is 0 Å². The van der Waals surface area contributed by atoms with Crippen LogP contribution in [0.4, 0.5) is 0 Å². The normalized spacial score (nSPS) is 20.3. The molecule has 2 fully saturated rings. The molecule has 29 heavy (non-hydrogen) atoms. The highest BCUT2D eigenvalue weighted by Crippen LogP contribution is 2.21. The van der Waals surface area contributed by atoms with Gasteiger partial charge in [-0.2, -0.15) is 4.31 Å². The summed E-state index contributed by atoms with van der Waals surface area (Å²) in [5.41, 5.74) is 1.03. The molecule has 0 radical (unpaired) electrons. The number of aliphatic imine (C=N–C) groups is 1. The zero-order valence-corrected chi connectivity index (χ0v) is 18.7. The van der Waals surface area contributed by atoms with Crippen molar-refractivity contribution in [3.8, 4) is 0 Å². The molecule has 1 aromatic rings.